The number of alkyl halides is 3. The summed E-state index contributed by atoms with van der Waals surface area (Å²) < 4.78 is 61.1. The molecule has 0 saturated heterocycles. The van der Waals surface area contributed by atoms with Crippen molar-refractivity contribution in [3.63, 3.8) is 0 Å². The van der Waals surface area contributed by atoms with Crippen LogP contribution in [0.5, 0.6) is 0 Å². The van der Waals surface area contributed by atoms with Crippen molar-refractivity contribution in [3.05, 3.63) is 65.8 Å². The first-order chi connectivity index (χ1) is 17.6. The highest BCUT2D eigenvalue weighted by molar-refractivity contribution is 5.91. The summed E-state index contributed by atoms with van der Waals surface area (Å²) in [4.78, 5) is 25.1. The van der Waals surface area contributed by atoms with E-state index in [2.05, 4.69) is 30.7 Å². The molecular formula is C24H21F4N7O2. The first-order valence-electron chi connectivity index (χ1n) is 11.3. The fraction of sp³-hybridized carbons (Fsp3) is 0.292. The molecule has 1 saturated carbocycles. The molecule has 0 unspecified atom stereocenters. The summed E-state index contributed by atoms with van der Waals surface area (Å²) in [5.74, 6) is -0.819. The Bertz CT molecular complexity index is 1460. The molecule has 1 amide bonds. The zero-order valence-electron chi connectivity index (χ0n) is 19.7. The molecule has 1 fully saturated rings. The van der Waals surface area contributed by atoms with Crippen LogP contribution in [0, 0.1) is 12.7 Å². The van der Waals surface area contributed by atoms with Crippen molar-refractivity contribution in [2.75, 3.05) is 10.6 Å². The molecule has 2 N–H and O–H groups in total. The minimum atomic E-state index is -4.46. The number of aryl methyl sites for hydroxylation is 1. The zero-order chi connectivity index (χ0) is 26.4. The van der Waals surface area contributed by atoms with Gasteiger partial charge in [-0.1, -0.05) is 17.3 Å². The number of carbonyl (C=O) groups is 1. The van der Waals surface area contributed by atoms with E-state index >= 15 is 0 Å². The highest BCUT2D eigenvalue weighted by Crippen LogP contribution is 2.59. The molecule has 3 aromatic heterocycles. The Morgan fingerprint density at radius 2 is 1.86 bits per heavy atom. The predicted molar refractivity (Wildman–Crippen MR) is 124 cm³/mol. The lowest BCUT2D eigenvalue weighted by Crippen LogP contribution is -2.28. The first-order valence-corrected chi connectivity index (χ1v) is 11.3. The molecule has 0 spiro atoms. The van der Waals surface area contributed by atoms with Gasteiger partial charge < -0.3 is 19.7 Å². The second-order valence-electron chi connectivity index (χ2n) is 8.90. The van der Waals surface area contributed by atoms with Crippen LogP contribution in [0.25, 0.3) is 11.1 Å². The number of halogens is 4. The van der Waals surface area contributed by atoms with Gasteiger partial charge in [-0.2, -0.15) is 13.2 Å². The van der Waals surface area contributed by atoms with Crippen molar-refractivity contribution in [2.24, 2.45) is 7.05 Å². The van der Waals surface area contributed by atoms with Crippen molar-refractivity contribution >= 4 is 23.5 Å². The van der Waals surface area contributed by atoms with E-state index in [1.165, 1.54) is 24.5 Å². The van der Waals surface area contributed by atoms with Crippen LogP contribution >= 0.6 is 0 Å². The third kappa shape index (κ3) is 4.76. The summed E-state index contributed by atoms with van der Waals surface area (Å²) in [7, 11) is 1.87. The van der Waals surface area contributed by atoms with Gasteiger partial charge in [-0.25, -0.2) is 19.3 Å². The van der Waals surface area contributed by atoms with Crippen LogP contribution in [0.3, 0.4) is 0 Å². The number of rotatable bonds is 7. The molecule has 0 aliphatic heterocycles. The molecule has 0 atom stereocenters. The lowest BCUT2D eigenvalue weighted by Gasteiger charge is -2.14. The molecule has 1 aromatic carbocycles. The van der Waals surface area contributed by atoms with Crippen LogP contribution in [0.15, 0.2) is 47.5 Å². The average molecular weight is 515 g/mol. The number of aromatic nitrogens is 5. The SMILES string of the molecule is Cc1c(Nc2ncc(-c3ccc(CC(=O)Nc4cc(C5(C(F)(F)F)CC5)on4)c(F)c3)cn2)ncn1C. The third-order valence-corrected chi connectivity index (χ3v) is 6.39. The maximum Gasteiger partial charge on any atom is 0.401 e. The van der Waals surface area contributed by atoms with Crippen molar-refractivity contribution < 1.29 is 26.9 Å². The highest BCUT2D eigenvalue weighted by Gasteiger charge is 2.66. The van der Waals surface area contributed by atoms with Crippen LogP contribution < -0.4 is 10.6 Å². The third-order valence-electron chi connectivity index (χ3n) is 6.39. The molecule has 4 aromatic rings. The fourth-order valence-corrected chi connectivity index (χ4v) is 3.85. The molecule has 1 aliphatic carbocycles. The standard InChI is InChI=1S/C24H21F4N7O2/c1-13-21(31-12-35(13)2)33-22-29-10-16(11-30-22)14-3-4-15(17(25)7-14)8-20(36)32-19-9-18(37-34-19)23(5-6-23)24(26,27)28/h3-4,7,9-12H,5-6,8H2,1-2H3,(H,29,30,33)(H,32,34,36). The van der Waals surface area contributed by atoms with Crippen molar-refractivity contribution in [2.45, 2.75) is 37.8 Å². The van der Waals surface area contributed by atoms with E-state index in [4.69, 9.17) is 4.52 Å². The predicted octanol–water partition coefficient (Wildman–Crippen LogP) is 4.83. The Morgan fingerprint density at radius 3 is 2.46 bits per heavy atom. The van der Waals surface area contributed by atoms with Gasteiger partial charge in [0.15, 0.2) is 17.4 Å². The van der Waals surface area contributed by atoms with Crippen LogP contribution in [-0.2, 0) is 23.7 Å². The maximum absolute atomic E-state index is 14.7. The Hall–Kier alpha value is -4.29. The lowest BCUT2D eigenvalue weighted by molar-refractivity contribution is -0.165. The van der Waals surface area contributed by atoms with Gasteiger partial charge in [0.2, 0.25) is 11.9 Å². The number of anilines is 3. The minimum absolute atomic E-state index is 0.0924. The number of imidazole rings is 1. The number of nitrogens with zero attached hydrogens (tertiary/aromatic N) is 5. The number of hydrogen-bond acceptors (Lipinski definition) is 7. The summed E-state index contributed by atoms with van der Waals surface area (Å²) in [5.41, 5.74) is 0.0350. The Kier molecular flexibility index (Phi) is 5.92. The van der Waals surface area contributed by atoms with E-state index < -0.39 is 23.3 Å². The topological polar surface area (TPSA) is 111 Å². The van der Waals surface area contributed by atoms with Gasteiger partial charge in [0.05, 0.1) is 18.4 Å². The molecular weight excluding hydrogens is 494 g/mol. The molecule has 0 bridgehead atoms. The Morgan fingerprint density at radius 1 is 1.14 bits per heavy atom. The van der Waals surface area contributed by atoms with E-state index in [1.807, 2.05) is 18.5 Å². The fourth-order valence-electron chi connectivity index (χ4n) is 3.85. The second-order valence-corrected chi connectivity index (χ2v) is 8.90. The number of benzene rings is 1. The van der Waals surface area contributed by atoms with Crippen LogP contribution in [-0.4, -0.2) is 36.8 Å². The monoisotopic (exact) mass is 515 g/mol. The van der Waals surface area contributed by atoms with E-state index in [1.54, 1.807) is 12.4 Å². The van der Waals surface area contributed by atoms with Crippen LogP contribution in [0.4, 0.5) is 35.1 Å². The molecule has 192 valence electrons. The highest BCUT2D eigenvalue weighted by atomic mass is 19.4. The normalized spacial score (nSPS) is 14.4. The van der Waals surface area contributed by atoms with E-state index in [9.17, 15) is 22.4 Å². The summed E-state index contributed by atoms with van der Waals surface area (Å²) in [6.45, 7) is 1.90. The van der Waals surface area contributed by atoms with Crippen molar-refractivity contribution in [1.29, 1.82) is 0 Å². The summed E-state index contributed by atoms with van der Waals surface area (Å²) in [6, 6.07) is 5.39. The molecule has 1 aliphatic rings. The van der Waals surface area contributed by atoms with Gasteiger partial charge in [0.25, 0.3) is 0 Å². The average Bonchev–Trinajstić information content (AvgIpc) is 3.47. The Labute approximate surface area is 207 Å². The summed E-state index contributed by atoms with van der Waals surface area (Å²) in [6.07, 6.45) is -0.262. The molecule has 37 heavy (non-hydrogen) atoms. The van der Waals surface area contributed by atoms with Gasteiger partial charge in [-0.3, -0.25) is 4.79 Å². The number of hydrogen-bond donors (Lipinski definition) is 2. The van der Waals surface area contributed by atoms with Gasteiger partial charge in [-0.15, -0.1) is 0 Å². The van der Waals surface area contributed by atoms with Crippen LogP contribution in [0.2, 0.25) is 0 Å². The summed E-state index contributed by atoms with van der Waals surface area (Å²) in [5, 5.41) is 8.88. The van der Waals surface area contributed by atoms with Crippen molar-refractivity contribution in [1.82, 2.24) is 24.7 Å². The van der Waals surface area contributed by atoms with E-state index in [-0.39, 0.29) is 36.4 Å². The minimum Gasteiger partial charge on any atom is -0.358 e. The molecule has 3 heterocycles. The first kappa shape index (κ1) is 24.4. The molecule has 9 nitrogen and oxygen atoms in total. The number of nitrogens with one attached hydrogen (secondary N) is 2. The smallest absolute Gasteiger partial charge is 0.358 e. The quantitative estimate of drug-likeness (QED) is 0.339. The van der Waals surface area contributed by atoms with Gasteiger partial charge in [0, 0.05) is 31.1 Å². The largest absolute Gasteiger partial charge is 0.401 e. The summed E-state index contributed by atoms with van der Waals surface area (Å²) >= 11 is 0. The van der Waals surface area contributed by atoms with Crippen molar-refractivity contribution in [3.8, 4) is 11.1 Å². The lowest BCUT2D eigenvalue weighted by atomic mass is 10.0. The molecule has 0 radical (unpaired) electrons. The maximum atomic E-state index is 14.7. The van der Waals surface area contributed by atoms with Gasteiger partial charge in [0.1, 0.15) is 11.2 Å². The molecule has 5 rings (SSSR count). The molecule has 13 heteroatoms. The van der Waals surface area contributed by atoms with Gasteiger partial charge in [-0.05, 0) is 37.0 Å². The number of amides is 1. The second kappa shape index (κ2) is 8.98. The van der Waals surface area contributed by atoms with E-state index in [0.29, 0.717) is 22.9 Å². The zero-order valence-corrected chi connectivity index (χ0v) is 19.7. The number of carbonyl (C=O) groups excluding carboxylic acids is 1. The Balaban J connectivity index is 1.22. The van der Waals surface area contributed by atoms with E-state index in [0.717, 1.165) is 11.8 Å². The van der Waals surface area contributed by atoms with Gasteiger partial charge >= 0.3 is 6.18 Å². The van der Waals surface area contributed by atoms with Crippen LogP contribution in [0.1, 0.15) is 29.9 Å².